The number of hydrogen-bond donors (Lipinski definition) is 0. The van der Waals surface area contributed by atoms with Crippen molar-refractivity contribution in [2.75, 3.05) is 0 Å². The minimum Gasteiger partial charge on any atom is -0.287 e. The third kappa shape index (κ3) is 1.13. The van der Waals surface area contributed by atoms with E-state index >= 15 is 0 Å². The van der Waals surface area contributed by atoms with E-state index < -0.39 is 22.9 Å². The number of halogens is 2. The lowest BCUT2D eigenvalue weighted by Gasteiger charge is -1.93. The Morgan fingerprint density at radius 3 is 2.45 bits per heavy atom. The summed E-state index contributed by atoms with van der Waals surface area (Å²) in [5, 5.41) is 18.6. The second kappa shape index (κ2) is 2.54. The molecule has 0 amide bonds. The molecule has 0 atom stereocenters. The SMILES string of the molecule is N#Cc1ccc([O])c(F)c1F. The summed E-state index contributed by atoms with van der Waals surface area (Å²) < 4.78 is 24.8. The molecule has 0 spiro atoms. The molecule has 0 aliphatic rings. The molecule has 0 N–H and O–H groups in total. The van der Waals surface area contributed by atoms with Crippen LogP contribution in [0.15, 0.2) is 12.1 Å². The van der Waals surface area contributed by atoms with Crippen LogP contribution in [0.25, 0.3) is 0 Å². The smallest absolute Gasteiger partial charge is 0.217 e. The highest BCUT2D eigenvalue weighted by Crippen LogP contribution is 2.20. The third-order valence-electron chi connectivity index (χ3n) is 1.17. The first kappa shape index (κ1) is 7.48. The molecule has 0 aliphatic heterocycles. The van der Waals surface area contributed by atoms with Gasteiger partial charge in [0.25, 0.3) is 0 Å². The fraction of sp³-hybridized carbons (Fsp3) is 0. The summed E-state index contributed by atoms with van der Waals surface area (Å²) in [6.45, 7) is 0. The fourth-order valence-corrected chi connectivity index (χ4v) is 0.618. The van der Waals surface area contributed by atoms with Gasteiger partial charge in [0, 0.05) is 0 Å². The lowest BCUT2D eigenvalue weighted by Crippen LogP contribution is -1.88. The number of benzene rings is 1. The molecule has 1 aromatic carbocycles. The van der Waals surface area contributed by atoms with Crippen molar-refractivity contribution < 1.29 is 13.9 Å². The molecule has 55 valence electrons. The highest BCUT2D eigenvalue weighted by atomic mass is 19.2. The Morgan fingerprint density at radius 2 is 1.91 bits per heavy atom. The van der Waals surface area contributed by atoms with E-state index in [1.54, 1.807) is 0 Å². The van der Waals surface area contributed by atoms with E-state index in [1.165, 1.54) is 6.07 Å². The summed E-state index contributed by atoms with van der Waals surface area (Å²) >= 11 is 0. The molecule has 4 heteroatoms. The van der Waals surface area contributed by atoms with Crippen molar-refractivity contribution >= 4 is 0 Å². The number of hydrogen-bond acceptors (Lipinski definition) is 1. The summed E-state index contributed by atoms with van der Waals surface area (Å²) in [5.74, 6) is -3.91. The second-order valence-corrected chi connectivity index (χ2v) is 1.85. The molecular weight excluding hydrogens is 152 g/mol. The van der Waals surface area contributed by atoms with E-state index in [4.69, 9.17) is 5.26 Å². The van der Waals surface area contributed by atoms with Gasteiger partial charge in [0.15, 0.2) is 5.82 Å². The van der Waals surface area contributed by atoms with Crippen LogP contribution in [0.5, 0.6) is 5.75 Å². The topological polar surface area (TPSA) is 43.7 Å². The van der Waals surface area contributed by atoms with Crippen LogP contribution in [0.4, 0.5) is 8.78 Å². The molecular formula is C7H2F2NO. The van der Waals surface area contributed by atoms with Crippen molar-refractivity contribution in [3.05, 3.63) is 29.3 Å². The minimum absolute atomic E-state index is 0.456. The Labute approximate surface area is 61.3 Å². The summed E-state index contributed by atoms with van der Waals surface area (Å²) in [7, 11) is 0. The van der Waals surface area contributed by atoms with Gasteiger partial charge in [-0.3, -0.25) is 5.11 Å². The van der Waals surface area contributed by atoms with E-state index in [0.29, 0.717) is 0 Å². The third-order valence-corrected chi connectivity index (χ3v) is 1.17. The second-order valence-electron chi connectivity index (χ2n) is 1.85. The molecule has 11 heavy (non-hydrogen) atoms. The van der Waals surface area contributed by atoms with E-state index in [1.807, 2.05) is 0 Å². The van der Waals surface area contributed by atoms with Crippen LogP contribution in [-0.4, -0.2) is 0 Å². The van der Waals surface area contributed by atoms with Crippen molar-refractivity contribution in [3.8, 4) is 11.8 Å². The monoisotopic (exact) mass is 154 g/mol. The standard InChI is InChI=1S/C7H2F2NO/c8-6-4(3-10)1-2-5(11)7(6)9/h1-2H. The van der Waals surface area contributed by atoms with Crippen molar-refractivity contribution in [1.82, 2.24) is 0 Å². The summed E-state index contributed by atoms with van der Waals surface area (Å²) in [6, 6.07) is 3.17. The van der Waals surface area contributed by atoms with Crippen LogP contribution >= 0.6 is 0 Å². The van der Waals surface area contributed by atoms with Gasteiger partial charge < -0.3 is 0 Å². The lowest BCUT2D eigenvalue weighted by molar-refractivity contribution is 0.320. The molecule has 1 rings (SSSR count). The quantitative estimate of drug-likeness (QED) is 0.563. The molecule has 0 unspecified atom stereocenters. The van der Waals surface area contributed by atoms with Crippen molar-refractivity contribution in [1.29, 1.82) is 5.26 Å². The average molecular weight is 154 g/mol. The Morgan fingerprint density at radius 1 is 1.27 bits per heavy atom. The van der Waals surface area contributed by atoms with Gasteiger partial charge in [-0.05, 0) is 12.1 Å². The van der Waals surface area contributed by atoms with Crippen LogP contribution < -0.4 is 0 Å². The first-order valence-electron chi connectivity index (χ1n) is 2.72. The van der Waals surface area contributed by atoms with Crippen LogP contribution in [0, 0.1) is 23.0 Å². The highest BCUT2D eigenvalue weighted by Gasteiger charge is 2.12. The highest BCUT2D eigenvalue weighted by molar-refractivity contribution is 5.36. The Bertz CT molecular complexity index is 330. The predicted octanol–water partition coefficient (Wildman–Crippen LogP) is 1.98. The van der Waals surface area contributed by atoms with E-state index in [9.17, 15) is 13.9 Å². The summed E-state index contributed by atoms with van der Waals surface area (Å²) in [4.78, 5) is 0. The van der Waals surface area contributed by atoms with Crippen molar-refractivity contribution in [3.63, 3.8) is 0 Å². The number of rotatable bonds is 0. The van der Waals surface area contributed by atoms with Crippen LogP contribution in [0.2, 0.25) is 0 Å². The Hall–Kier alpha value is -1.63. The zero-order valence-electron chi connectivity index (χ0n) is 5.27. The lowest BCUT2D eigenvalue weighted by atomic mass is 10.2. The minimum atomic E-state index is -1.50. The molecule has 0 aromatic heterocycles. The van der Waals surface area contributed by atoms with Crippen LogP contribution in [-0.2, 0) is 5.11 Å². The van der Waals surface area contributed by atoms with Crippen molar-refractivity contribution in [2.24, 2.45) is 0 Å². The zero-order chi connectivity index (χ0) is 8.43. The molecule has 2 nitrogen and oxygen atoms in total. The van der Waals surface area contributed by atoms with E-state index in [2.05, 4.69) is 0 Å². The molecule has 0 bridgehead atoms. The van der Waals surface area contributed by atoms with Gasteiger partial charge in [0.05, 0.1) is 5.56 Å². The van der Waals surface area contributed by atoms with Gasteiger partial charge in [-0.15, -0.1) is 0 Å². The molecule has 0 fully saturated rings. The first-order valence-corrected chi connectivity index (χ1v) is 2.72. The summed E-state index contributed by atoms with van der Waals surface area (Å²) in [6.07, 6.45) is 0. The fourth-order valence-electron chi connectivity index (χ4n) is 0.618. The predicted molar refractivity (Wildman–Crippen MR) is 31.2 cm³/mol. The van der Waals surface area contributed by atoms with Gasteiger partial charge in [-0.1, -0.05) is 0 Å². The normalized spacial score (nSPS) is 9.18. The molecule has 1 aromatic rings. The zero-order valence-corrected chi connectivity index (χ0v) is 5.27. The largest absolute Gasteiger partial charge is 0.287 e. The number of nitriles is 1. The Kier molecular flexibility index (Phi) is 1.73. The maximum atomic E-state index is 12.5. The van der Waals surface area contributed by atoms with Gasteiger partial charge in [-0.2, -0.15) is 9.65 Å². The molecule has 0 aliphatic carbocycles. The van der Waals surface area contributed by atoms with Gasteiger partial charge in [-0.25, -0.2) is 4.39 Å². The van der Waals surface area contributed by atoms with E-state index in [-0.39, 0.29) is 0 Å². The van der Waals surface area contributed by atoms with Crippen molar-refractivity contribution in [2.45, 2.75) is 0 Å². The molecule has 0 heterocycles. The van der Waals surface area contributed by atoms with E-state index in [0.717, 1.165) is 12.1 Å². The summed E-state index contributed by atoms with van der Waals surface area (Å²) in [5.41, 5.74) is -0.456. The van der Waals surface area contributed by atoms with Gasteiger partial charge in [0.2, 0.25) is 11.6 Å². The molecule has 0 saturated heterocycles. The maximum Gasteiger partial charge on any atom is 0.217 e. The van der Waals surface area contributed by atoms with Crippen LogP contribution in [0.1, 0.15) is 5.56 Å². The maximum absolute atomic E-state index is 12.5. The molecule has 1 radical (unpaired) electrons. The first-order chi connectivity index (χ1) is 5.16. The van der Waals surface area contributed by atoms with Gasteiger partial charge >= 0.3 is 0 Å². The Balaban J connectivity index is 3.40. The number of nitrogens with zero attached hydrogens (tertiary/aromatic N) is 1. The van der Waals surface area contributed by atoms with Crippen LogP contribution in [0.3, 0.4) is 0 Å². The average Bonchev–Trinajstić information content (AvgIpc) is 2.01. The molecule has 0 saturated carbocycles. The van der Waals surface area contributed by atoms with Gasteiger partial charge in [0.1, 0.15) is 6.07 Å².